The Morgan fingerprint density at radius 3 is 2.81 bits per heavy atom. The van der Waals surface area contributed by atoms with E-state index in [1.54, 1.807) is 4.68 Å². The minimum Gasteiger partial charge on any atom is -0.494 e. The van der Waals surface area contributed by atoms with Crippen molar-refractivity contribution in [1.29, 1.82) is 0 Å². The molecule has 5 heteroatoms. The Labute approximate surface area is 124 Å². The molecule has 0 spiro atoms. The van der Waals surface area contributed by atoms with Crippen LogP contribution in [0, 0.1) is 0 Å². The summed E-state index contributed by atoms with van der Waals surface area (Å²) in [6.07, 6.45) is 2.23. The van der Waals surface area contributed by atoms with Crippen LogP contribution in [-0.2, 0) is 13.0 Å². The Morgan fingerprint density at radius 1 is 1.38 bits per heavy atom. The third kappa shape index (κ3) is 4.27. The Morgan fingerprint density at radius 2 is 2.14 bits per heavy atom. The van der Waals surface area contributed by atoms with Crippen molar-refractivity contribution in [2.24, 2.45) is 0 Å². The van der Waals surface area contributed by atoms with E-state index in [0.717, 1.165) is 29.7 Å². The van der Waals surface area contributed by atoms with E-state index >= 15 is 0 Å². The predicted molar refractivity (Wildman–Crippen MR) is 80.5 cm³/mol. The second-order valence-electron chi connectivity index (χ2n) is 4.92. The number of aldehydes is 1. The smallest absolute Gasteiger partial charge is 0.172 e. The van der Waals surface area contributed by atoms with Crippen LogP contribution in [0.4, 0.5) is 0 Å². The standard InChI is InChI=1S/C16H19N3O2/c1-13(2)11-19-16(15(12-20)17-18-19)9-6-10-21-14-7-4-3-5-8-14/h3-5,7-8,12H,1,6,9-11H2,2H3. The van der Waals surface area contributed by atoms with Gasteiger partial charge in [-0.3, -0.25) is 4.79 Å². The zero-order chi connectivity index (χ0) is 15.1. The highest BCUT2D eigenvalue weighted by Gasteiger charge is 2.12. The van der Waals surface area contributed by atoms with Crippen LogP contribution in [0.25, 0.3) is 0 Å². The molecule has 0 unspecified atom stereocenters. The van der Waals surface area contributed by atoms with E-state index in [1.165, 1.54) is 0 Å². The maximum absolute atomic E-state index is 11.0. The average molecular weight is 285 g/mol. The van der Waals surface area contributed by atoms with Gasteiger partial charge in [-0.25, -0.2) is 4.68 Å². The number of hydrogen-bond donors (Lipinski definition) is 0. The molecule has 110 valence electrons. The van der Waals surface area contributed by atoms with E-state index in [2.05, 4.69) is 16.9 Å². The number of nitrogens with zero attached hydrogens (tertiary/aromatic N) is 3. The number of para-hydroxylation sites is 1. The summed E-state index contributed by atoms with van der Waals surface area (Å²) in [5.74, 6) is 0.849. The first kappa shape index (κ1) is 15.0. The molecule has 0 aliphatic heterocycles. The molecule has 1 aromatic carbocycles. The highest BCUT2D eigenvalue weighted by molar-refractivity contribution is 5.73. The molecular weight excluding hydrogens is 266 g/mol. The second kappa shape index (κ2) is 7.38. The molecule has 0 aliphatic carbocycles. The molecule has 0 atom stereocenters. The molecular formula is C16H19N3O2. The number of carbonyl (C=O) groups excluding carboxylic acids is 1. The molecule has 0 N–H and O–H groups in total. The van der Waals surface area contributed by atoms with E-state index in [4.69, 9.17) is 4.74 Å². The van der Waals surface area contributed by atoms with E-state index in [-0.39, 0.29) is 0 Å². The van der Waals surface area contributed by atoms with Crippen LogP contribution in [0.5, 0.6) is 5.75 Å². The van der Waals surface area contributed by atoms with Crippen molar-refractivity contribution in [3.63, 3.8) is 0 Å². The summed E-state index contributed by atoms with van der Waals surface area (Å²) >= 11 is 0. The molecule has 0 fully saturated rings. The second-order valence-corrected chi connectivity index (χ2v) is 4.92. The number of benzene rings is 1. The van der Waals surface area contributed by atoms with Crippen molar-refractivity contribution in [3.05, 3.63) is 53.9 Å². The lowest BCUT2D eigenvalue weighted by Crippen LogP contribution is -2.09. The van der Waals surface area contributed by atoms with Crippen LogP contribution in [0.15, 0.2) is 42.5 Å². The van der Waals surface area contributed by atoms with Crippen LogP contribution in [-0.4, -0.2) is 27.9 Å². The number of ether oxygens (including phenoxy) is 1. The summed E-state index contributed by atoms with van der Waals surface area (Å²) in [6.45, 7) is 6.95. The minimum atomic E-state index is 0.399. The van der Waals surface area contributed by atoms with Crippen molar-refractivity contribution < 1.29 is 9.53 Å². The van der Waals surface area contributed by atoms with Gasteiger partial charge in [0.1, 0.15) is 11.4 Å². The van der Waals surface area contributed by atoms with Gasteiger partial charge in [-0.05, 0) is 31.9 Å². The van der Waals surface area contributed by atoms with E-state index in [0.29, 0.717) is 25.3 Å². The van der Waals surface area contributed by atoms with Crippen LogP contribution in [0.1, 0.15) is 29.5 Å². The van der Waals surface area contributed by atoms with Gasteiger partial charge in [-0.1, -0.05) is 35.6 Å². The Kier molecular flexibility index (Phi) is 5.26. The number of aromatic nitrogens is 3. The predicted octanol–water partition coefficient (Wildman–Crippen LogP) is 2.68. The van der Waals surface area contributed by atoms with Crippen LogP contribution >= 0.6 is 0 Å². The van der Waals surface area contributed by atoms with Gasteiger partial charge in [-0.15, -0.1) is 5.10 Å². The summed E-state index contributed by atoms with van der Waals surface area (Å²) in [7, 11) is 0. The third-order valence-electron chi connectivity index (χ3n) is 2.97. The number of allylic oxidation sites excluding steroid dienone is 1. The van der Waals surface area contributed by atoms with E-state index < -0.39 is 0 Å². The first-order valence-corrected chi connectivity index (χ1v) is 6.90. The van der Waals surface area contributed by atoms with Crippen molar-refractivity contribution >= 4 is 6.29 Å². The van der Waals surface area contributed by atoms with Gasteiger partial charge in [0, 0.05) is 0 Å². The topological polar surface area (TPSA) is 57.0 Å². The van der Waals surface area contributed by atoms with E-state index in [9.17, 15) is 4.79 Å². The summed E-state index contributed by atoms with van der Waals surface area (Å²) < 4.78 is 7.37. The molecule has 1 heterocycles. The lowest BCUT2D eigenvalue weighted by molar-refractivity contribution is 0.111. The first-order chi connectivity index (χ1) is 10.2. The normalized spacial score (nSPS) is 10.3. The Bertz CT molecular complexity index is 605. The Balaban J connectivity index is 1.91. The molecule has 0 bridgehead atoms. The molecule has 0 amide bonds. The zero-order valence-electron chi connectivity index (χ0n) is 12.2. The summed E-state index contributed by atoms with van der Waals surface area (Å²) in [5, 5.41) is 7.89. The molecule has 5 nitrogen and oxygen atoms in total. The third-order valence-corrected chi connectivity index (χ3v) is 2.97. The van der Waals surface area contributed by atoms with Gasteiger partial charge >= 0.3 is 0 Å². The van der Waals surface area contributed by atoms with Crippen LogP contribution in [0.3, 0.4) is 0 Å². The lowest BCUT2D eigenvalue weighted by Gasteiger charge is -2.08. The maximum Gasteiger partial charge on any atom is 0.172 e. The summed E-state index contributed by atoms with van der Waals surface area (Å²) in [4.78, 5) is 11.0. The molecule has 0 saturated carbocycles. The van der Waals surface area contributed by atoms with Crippen molar-refractivity contribution in [1.82, 2.24) is 15.0 Å². The van der Waals surface area contributed by atoms with Gasteiger partial charge < -0.3 is 4.74 Å². The molecule has 0 saturated heterocycles. The van der Waals surface area contributed by atoms with E-state index in [1.807, 2.05) is 37.3 Å². The fourth-order valence-electron chi connectivity index (χ4n) is 2.02. The van der Waals surface area contributed by atoms with Crippen LogP contribution in [0.2, 0.25) is 0 Å². The number of carbonyl (C=O) groups is 1. The van der Waals surface area contributed by atoms with Gasteiger partial charge in [-0.2, -0.15) is 0 Å². The largest absolute Gasteiger partial charge is 0.494 e. The van der Waals surface area contributed by atoms with Gasteiger partial charge in [0.15, 0.2) is 6.29 Å². The van der Waals surface area contributed by atoms with Gasteiger partial charge in [0.2, 0.25) is 0 Å². The zero-order valence-corrected chi connectivity index (χ0v) is 12.2. The highest BCUT2D eigenvalue weighted by Crippen LogP contribution is 2.11. The molecule has 2 aromatic rings. The number of rotatable bonds is 8. The van der Waals surface area contributed by atoms with Gasteiger partial charge in [0.25, 0.3) is 0 Å². The lowest BCUT2D eigenvalue weighted by atomic mass is 10.2. The van der Waals surface area contributed by atoms with Crippen molar-refractivity contribution in [2.45, 2.75) is 26.3 Å². The number of hydrogen-bond acceptors (Lipinski definition) is 4. The molecule has 1 aromatic heterocycles. The summed E-state index contributed by atoms with van der Waals surface area (Å²) in [5.41, 5.74) is 2.21. The van der Waals surface area contributed by atoms with Crippen LogP contribution < -0.4 is 4.74 Å². The maximum atomic E-state index is 11.0. The molecule has 2 rings (SSSR count). The quantitative estimate of drug-likeness (QED) is 0.425. The molecule has 21 heavy (non-hydrogen) atoms. The average Bonchev–Trinajstić information content (AvgIpc) is 2.86. The fraction of sp³-hybridized carbons (Fsp3) is 0.312. The highest BCUT2D eigenvalue weighted by atomic mass is 16.5. The van der Waals surface area contributed by atoms with Gasteiger partial charge in [0.05, 0.1) is 18.8 Å². The van der Waals surface area contributed by atoms with Crippen molar-refractivity contribution in [3.8, 4) is 5.75 Å². The molecule has 0 radical (unpaired) electrons. The first-order valence-electron chi connectivity index (χ1n) is 6.90. The molecule has 0 aliphatic rings. The Hall–Kier alpha value is -2.43. The fourth-order valence-corrected chi connectivity index (χ4v) is 2.02. The SMILES string of the molecule is C=C(C)Cn1nnc(C=O)c1CCCOc1ccccc1. The summed E-state index contributed by atoms with van der Waals surface area (Å²) in [6, 6.07) is 9.66. The minimum absolute atomic E-state index is 0.399. The monoisotopic (exact) mass is 285 g/mol. The van der Waals surface area contributed by atoms with Crippen molar-refractivity contribution in [2.75, 3.05) is 6.61 Å².